The van der Waals surface area contributed by atoms with Gasteiger partial charge in [-0.25, -0.2) is 0 Å². The van der Waals surface area contributed by atoms with Gasteiger partial charge in [0.2, 0.25) is 0 Å². The predicted molar refractivity (Wildman–Crippen MR) is 96.6 cm³/mol. The molecule has 2 nitrogen and oxygen atoms in total. The highest BCUT2D eigenvalue weighted by Gasteiger charge is 2.07. The maximum atomic E-state index is 8.71. The van der Waals surface area contributed by atoms with Crippen LogP contribution in [-0.4, -0.2) is 12.7 Å². The molecule has 4 heteroatoms. The molecule has 1 aromatic carbocycles. The molecule has 0 amide bonds. The summed E-state index contributed by atoms with van der Waals surface area (Å²) in [5.41, 5.74) is 1.39. The summed E-state index contributed by atoms with van der Waals surface area (Å²) in [6.45, 7) is 6.97. The Balaban J connectivity index is 1.86. The zero-order valence-corrected chi connectivity index (χ0v) is 14.7. The monoisotopic (exact) mass is 317 g/mol. The molecule has 2 aromatic rings. The first kappa shape index (κ1) is 17.4. The van der Waals surface area contributed by atoms with Gasteiger partial charge in [0.15, 0.2) is 5.06 Å². The molecule has 22 heavy (non-hydrogen) atoms. The Labute approximate surface area is 138 Å². The lowest BCUT2D eigenvalue weighted by molar-refractivity contribution is 0.437. The van der Waals surface area contributed by atoms with Crippen LogP contribution in [0.15, 0.2) is 24.3 Å². The second kappa shape index (κ2) is 8.59. The second-order valence-corrected chi connectivity index (χ2v) is 7.68. The second-order valence-electron chi connectivity index (χ2n) is 6.63. The summed E-state index contributed by atoms with van der Waals surface area (Å²) in [6, 6.07) is 8.58. The highest BCUT2D eigenvalue weighted by molar-refractivity contribution is 7.20. The smallest absolute Gasteiger partial charge is 0.530 e. The zero-order valence-electron chi connectivity index (χ0n) is 13.8. The third kappa shape index (κ3) is 5.33. The number of rotatable bonds is 9. The van der Waals surface area contributed by atoms with E-state index in [-0.39, 0.29) is 0 Å². The largest absolute Gasteiger partial charge is 0.569 e. The van der Waals surface area contributed by atoms with Crippen LogP contribution in [0.25, 0.3) is 10.1 Å². The van der Waals surface area contributed by atoms with Gasteiger partial charge in [-0.3, -0.25) is 0 Å². The van der Waals surface area contributed by atoms with Crippen molar-refractivity contribution in [1.82, 2.24) is 0 Å². The Kier molecular flexibility index (Phi) is 6.78. The van der Waals surface area contributed by atoms with E-state index in [2.05, 4.69) is 39.0 Å². The van der Waals surface area contributed by atoms with E-state index in [9.17, 15) is 0 Å². The fourth-order valence-electron chi connectivity index (χ4n) is 2.75. The number of hydrogen-bond acceptors (Lipinski definition) is 3. The molecule has 0 aliphatic carbocycles. The van der Waals surface area contributed by atoms with Gasteiger partial charge in [-0.2, -0.15) is 0 Å². The number of thiophene rings is 1. The predicted octanol–water partition coefficient (Wildman–Crippen LogP) is 5.20. The molecule has 1 aromatic heterocycles. The fourth-order valence-corrected chi connectivity index (χ4v) is 3.70. The standard InChI is InChI=1S/C18H26BO2S/c1-13(2)5-4-6-14(3)7-8-15-9-10-16-12-18(21-19-20)22-17(16)11-15/h9-14,20H,4-8H2,1-3H3. The van der Waals surface area contributed by atoms with Gasteiger partial charge in [-0.1, -0.05) is 52.2 Å². The number of fused-ring (bicyclic) bond motifs is 1. The lowest BCUT2D eigenvalue weighted by Gasteiger charge is -2.12. The molecular formula is C18H26BO2S. The van der Waals surface area contributed by atoms with Crippen LogP contribution in [-0.2, 0) is 6.42 Å². The van der Waals surface area contributed by atoms with Crippen molar-refractivity contribution in [2.45, 2.75) is 52.9 Å². The van der Waals surface area contributed by atoms with Gasteiger partial charge in [-0.15, -0.1) is 11.3 Å². The van der Waals surface area contributed by atoms with Gasteiger partial charge in [0.05, 0.1) is 0 Å². The SMILES string of the molecule is CC(C)CCCC(C)CCc1ccc2cc(O[B]O)sc2c1. The first-order valence-corrected chi connectivity index (χ1v) is 9.05. The van der Waals surface area contributed by atoms with Crippen molar-refractivity contribution in [2.75, 3.05) is 0 Å². The molecule has 0 saturated heterocycles. The van der Waals surface area contributed by atoms with Gasteiger partial charge in [0.25, 0.3) is 0 Å². The van der Waals surface area contributed by atoms with Crippen molar-refractivity contribution in [1.29, 1.82) is 0 Å². The summed E-state index contributed by atoms with van der Waals surface area (Å²) in [5.74, 6) is 1.61. The topological polar surface area (TPSA) is 29.5 Å². The molecule has 0 saturated carbocycles. The minimum Gasteiger partial charge on any atom is -0.530 e. The minimum atomic E-state index is 0.733. The molecule has 0 aliphatic rings. The van der Waals surface area contributed by atoms with Crippen LogP contribution in [0, 0.1) is 11.8 Å². The van der Waals surface area contributed by atoms with Gasteiger partial charge in [-0.05, 0) is 47.8 Å². The van der Waals surface area contributed by atoms with E-state index in [0.29, 0.717) is 0 Å². The normalized spacial score (nSPS) is 12.8. The van der Waals surface area contributed by atoms with E-state index in [1.807, 2.05) is 6.07 Å². The Morgan fingerprint density at radius 2 is 1.95 bits per heavy atom. The van der Waals surface area contributed by atoms with Crippen LogP contribution in [0.5, 0.6) is 5.06 Å². The number of hydrogen-bond donors (Lipinski definition) is 1. The van der Waals surface area contributed by atoms with Crippen LogP contribution < -0.4 is 4.65 Å². The van der Waals surface area contributed by atoms with Crippen molar-refractivity contribution in [2.24, 2.45) is 11.8 Å². The van der Waals surface area contributed by atoms with E-state index < -0.39 is 0 Å². The summed E-state index contributed by atoms with van der Waals surface area (Å²) < 4.78 is 6.27. The van der Waals surface area contributed by atoms with Gasteiger partial charge < -0.3 is 9.68 Å². The Morgan fingerprint density at radius 3 is 2.68 bits per heavy atom. The molecule has 2 rings (SSSR count). The quantitative estimate of drug-likeness (QED) is 0.644. The molecule has 0 fully saturated rings. The third-order valence-corrected chi connectivity index (χ3v) is 5.12. The molecule has 1 radical (unpaired) electrons. The van der Waals surface area contributed by atoms with Crippen molar-refractivity contribution in [3.8, 4) is 5.06 Å². The Morgan fingerprint density at radius 1 is 1.14 bits per heavy atom. The molecule has 1 N–H and O–H groups in total. The van der Waals surface area contributed by atoms with Crippen LogP contribution in [0.3, 0.4) is 0 Å². The summed E-state index contributed by atoms with van der Waals surface area (Å²) in [4.78, 5) is 0. The van der Waals surface area contributed by atoms with Gasteiger partial charge >= 0.3 is 7.69 Å². The lowest BCUT2D eigenvalue weighted by atomic mass is 9.94. The van der Waals surface area contributed by atoms with Crippen LogP contribution in [0.4, 0.5) is 0 Å². The summed E-state index contributed by atoms with van der Waals surface area (Å²) in [6.07, 6.45) is 6.42. The van der Waals surface area contributed by atoms with Crippen molar-refractivity contribution in [3.05, 3.63) is 29.8 Å². The van der Waals surface area contributed by atoms with Crippen molar-refractivity contribution in [3.63, 3.8) is 0 Å². The molecule has 119 valence electrons. The molecule has 1 heterocycles. The minimum absolute atomic E-state index is 0.733. The molecule has 0 bridgehead atoms. The first-order chi connectivity index (χ1) is 10.6. The zero-order chi connectivity index (χ0) is 15.9. The lowest BCUT2D eigenvalue weighted by Crippen LogP contribution is -1.99. The van der Waals surface area contributed by atoms with E-state index in [4.69, 9.17) is 9.68 Å². The van der Waals surface area contributed by atoms with E-state index in [0.717, 1.165) is 31.0 Å². The third-order valence-electron chi connectivity index (χ3n) is 4.13. The Hall–Kier alpha value is -0.995. The average Bonchev–Trinajstić information content (AvgIpc) is 2.86. The average molecular weight is 317 g/mol. The van der Waals surface area contributed by atoms with Gasteiger partial charge in [0.1, 0.15) is 0 Å². The molecule has 0 spiro atoms. The highest BCUT2D eigenvalue weighted by Crippen LogP contribution is 2.32. The Bertz CT molecular complexity index is 579. The highest BCUT2D eigenvalue weighted by atomic mass is 32.1. The fraction of sp³-hybridized carbons (Fsp3) is 0.556. The maximum Gasteiger partial charge on any atom is 0.569 e. The number of benzene rings is 1. The van der Waals surface area contributed by atoms with Crippen LogP contribution in [0.2, 0.25) is 0 Å². The summed E-state index contributed by atoms with van der Waals surface area (Å²) in [7, 11) is 0.741. The first-order valence-electron chi connectivity index (χ1n) is 8.23. The number of aryl methyl sites for hydroxylation is 1. The van der Waals surface area contributed by atoms with Crippen molar-refractivity contribution < 1.29 is 9.68 Å². The molecule has 1 atom stereocenters. The van der Waals surface area contributed by atoms with E-state index in [1.165, 1.54) is 41.3 Å². The summed E-state index contributed by atoms with van der Waals surface area (Å²) in [5, 5.41) is 10.6. The summed E-state index contributed by atoms with van der Waals surface area (Å²) >= 11 is 1.57. The van der Waals surface area contributed by atoms with E-state index >= 15 is 0 Å². The van der Waals surface area contributed by atoms with Crippen molar-refractivity contribution >= 4 is 29.1 Å². The molecular weight excluding hydrogens is 291 g/mol. The van der Waals surface area contributed by atoms with Crippen LogP contribution in [0.1, 0.15) is 52.0 Å². The molecule has 0 aliphatic heterocycles. The van der Waals surface area contributed by atoms with E-state index in [1.54, 1.807) is 11.3 Å². The van der Waals surface area contributed by atoms with Gasteiger partial charge in [0, 0.05) is 4.70 Å². The van der Waals surface area contributed by atoms with Crippen LogP contribution >= 0.6 is 11.3 Å². The maximum absolute atomic E-state index is 8.71. The molecule has 1 unspecified atom stereocenters.